The molecule has 2 amide bonds. The van der Waals surface area contributed by atoms with Crippen LogP contribution in [0, 0.1) is 46.2 Å². The zero-order chi connectivity index (χ0) is 54.3. The molecule has 6 fully saturated rings. The molecular formula is C54H66F2N4O15. The smallest absolute Gasteiger partial charge is 0.412 e. The number of methoxy groups -OCH3 is 1. The lowest BCUT2D eigenvalue weighted by atomic mass is 9.44. The lowest BCUT2D eigenvalue weighted by Crippen LogP contribution is -2.69. The summed E-state index contributed by atoms with van der Waals surface area (Å²) in [5.41, 5.74) is -7.15. The zero-order valence-corrected chi connectivity index (χ0v) is 43.0. The fourth-order valence-corrected chi connectivity index (χ4v) is 14.1. The predicted octanol–water partition coefficient (Wildman–Crippen LogP) is 5.10. The van der Waals surface area contributed by atoms with Crippen LogP contribution >= 0.6 is 0 Å². The molecule has 4 saturated carbocycles. The number of carbonyl (C=O) groups excluding carboxylic acids is 6. The fourth-order valence-electron chi connectivity index (χ4n) is 14.1. The number of alkyl halides is 1. The van der Waals surface area contributed by atoms with Crippen LogP contribution in [0.2, 0.25) is 0 Å². The number of likely N-dealkylation sites (tertiary alicyclic amines) is 1. The Morgan fingerprint density at radius 3 is 2.40 bits per heavy atom. The molecule has 5 aliphatic carbocycles. The average Bonchev–Trinajstić information content (AvgIpc) is 4.10. The Hall–Kier alpha value is -6.22. The molecule has 4 unspecified atom stereocenters. The second-order valence-corrected chi connectivity index (χ2v) is 22.6. The number of Topliss-reactive ketones (excluding diaryl/α,β-unsaturated/α-hetero) is 1. The third kappa shape index (κ3) is 8.78. The normalized spacial score (nSPS) is 32.1. The second-order valence-electron chi connectivity index (χ2n) is 22.6. The number of allylic oxidation sites excluding steroid dienone is 4. The van der Waals surface area contributed by atoms with Gasteiger partial charge in [0.15, 0.2) is 29.6 Å². The Labute approximate surface area is 431 Å². The van der Waals surface area contributed by atoms with E-state index in [1.807, 2.05) is 0 Å². The van der Waals surface area contributed by atoms with Crippen LogP contribution in [0.3, 0.4) is 0 Å². The first-order valence-electron chi connectivity index (χ1n) is 26.0. The number of aromatic nitrogens is 1. The Kier molecular flexibility index (Phi) is 14.1. The van der Waals surface area contributed by atoms with E-state index in [1.165, 1.54) is 36.4 Å². The number of carbonyl (C=O) groups is 7. The summed E-state index contributed by atoms with van der Waals surface area (Å²) in [5, 5.41) is 36.1. The maximum absolute atomic E-state index is 17.6. The van der Waals surface area contributed by atoms with Gasteiger partial charge in [0.1, 0.15) is 22.9 Å². The summed E-state index contributed by atoms with van der Waals surface area (Å²) in [7, 11) is 1.35. The van der Waals surface area contributed by atoms with Crippen molar-refractivity contribution < 1.29 is 76.6 Å². The molecule has 0 spiro atoms. The highest BCUT2D eigenvalue weighted by Gasteiger charge is 2.75. The molecule has 4 N–H and O–H groups in total. The summed E-state index contributed by atoms with van der Waals surface area (Å²) in [6.45, 7) is 7.47. The number of rotatable bonds is 15. The molecule has 9 rings (SSSR count). The standard InChI is InChI=1S/C54H66F2N4O15/c1-27(2)43(49(69)73-25-40(63)54(71)28(3)18-36-35-12-9-30-19-32(61)15-16-51(30,4)53(35,56)39(62)21-52(36,54)5)57-41(64)13-14-42(65)74-26-75-50(70)59-17-7-8-29-22-58(24-38(29)59)45-37(55)20-33-44(47(45)72-6)60(31-10-11-31)23-34(46(33)66)48(67)68/h15-16,19-20,23,27-29,31,35-36,38-39,43,62,71H,7-14,17-18,21-22,24-26H2,1-6H3,(H,57,64)(H,67,68)/t28-,29?,35?,36?,38?,39+,43+,51+,52+,53+,54+/m0/s1. The van der Waals surface area contributed by atoms with Crippen LogP contribution in [0.25, 0.3) is 10.9 Å². The number of nitrogens with one attached hydrogen (secondary N) is 1. The lowest BCUT2D eigenvalue weighted by molar-refractivity contribution is -0.220. The number of pyridine rings is 1. The third-order valence-electron chi connectivity index (χ3n) is 18.1. The summed E-state index contributed by atoms with van der Waals surface area (Å²) >= 11 is 0. The van der Waals surface area contributed by atoms with Crippen LogP contribution in [0.4, 0.5) is 19.3 Å². The van der Waals surface area contributed by atoms with Crippen LogP contribution in [-0.4, -0.2) is 136 Å². The molecule has 75 heavy (non-hydrogen) atoms. The highest BCUT2D eigenvalue weighted by atomic mass is 19.1. The number of ether oxygens (including phenoxy) is 4. The minimum atomic E-state index is -2.17. The van der Waals surface area contributed by atoms with Gasteiger partial charge >= 0.3 is 24.0 Å². The van der Waals surface area contributed by atoms with Gasteiger partial charge in [-0.15, -0.1) is 0 Å². The van der Waals surface area contributed by atoms with Gasteiger partial charge in [0.25, 0.3) is 0 Å². The summed E-state index contributed by atoms with van der Waals surface area (Å²) in [5.74, 6) is -8.40. The number of halogens is 2. The molecule has 21 heteroatoms. The van der Waals surface area contributed by atoms with Crippen molar-refractivity contribution >= 4 is 58.1 Å². The number of amides is 2. The van der Waals surface area contributed by atoms with Crippen LogP contribution in [0.15, 0.2) is 40.9 Å². The van der Waals surface area contributed by atoms with Gasteiger partial charge in [0.2, 0.25) is 23.9 Å². The Bertz CT molecular complexity index is 2860. The van der Waals surface area contributed by atoms with Crippen molar-refractivity contribution in [3.8, 4) is 5.75 Å². The summed E-state index contributed by atoms with van der Waals surface area (Å²) < 4.78 is 57.1. The number of esters is 2. The number of carboxylic acids is 1. The van der Waals surface area contributed by atoms with E-state index in [4.69, 9.17) is 18.9 Å². The van der Waals surface area contributed by atoms with Crippen molar-refractivity contribution in [2.24, 2.45) is 40.4 Å². The monoisotopic (exact) mass is 1050 g/mol. The number of carboxylic acid groups (broad SMARTS) is 1. The maximum Gasteiger partial charge on any atom is 0.412 e. The number of ketones is 2. The Morgan fingerprint density at radius 1 is 0.987 bits per heavy atom. The number of aliphatic hydroxyl groups is 2. The van der Waals surface area contributed by atoms with Crippen molar-refractivity contribution in [2.75, 3.05) is 45.0 Å². The van der Waals surface area contributed by atoms with Gasteiger partial charge in [-0.1, -0.05) is 39.3 Å². The second kappa shape index (κ2) is 19.7. The van der Waals surface area contributed by atoms with Gasteiger partial charge in [-0.2, -0.15) is 0 Å². The van der Waals surface area contributed by atoms with Gasteiger partial charge in [-0.3, -0.25) is 24.0 Å². The third-order valence-corrected chi connectivity index (χ3v) is 18.1. The molecule has 19 nitrogen and oxygen atoms in total. The molecule has 7 aliphatic rings. The number of anilines is 1. The largest absolute Gasteiger partial charge is 0.492 e. The van der Waals surface area contributed by atoms with E-state index < -0.39 is 143 Å². The predicted molar refractivity (Wildman–Crippen MR) is 263 cm³/mol. The van der Waals surface area contributed by atoms with E-state index in [0.717, 1.165) is 18.9 Å². The molecule has 2 saturated heterocycles. The van der Waals surface area contributed by atoms with E-state index in [2.05, 4.69) is 5.32 Å². The first kappa shape index (κ1) is 53.6. The number of fused-ring (bicyclic) bond motifs is 7. The zero-order valence-electron chi connectivity index (χ0n) is 43.0. The lowest BCUT2D eigenvalue weighted by Gasteiger charge is -2.62. The number of aliphatic hydroxyl groups excluding tert-OH is 1. The topological polar surface area (TPSA) is 258 Å². The van der Waals surface area contributed by atoms with Crippen LogP contribution in [0.1, 0.15) is 115 Å². The molecule has 406 valence electrons. The van der Waals surface area contributed by atoms with Crippen molar-refractivity contribution in [2.45, 2.75) is 134 Å². The molecular weight excluding hydrogens is 983 g/mol. The minimum absolute atomic E-state index is 0.0815. The molecule has 2 aromatic rings. The first-order chi connectivity index (χ1) is 35.4. The van der Waals surface area contributed by atoms with E-state index in [-0.39, 0.29) is 59.5 Å². The van der Waals surface area contributed by atoms with Gasteiger partial charge in [0, 0.05) is 55.0 Å². The van der Waals surface area contributed by atoms with Gasteiger partial charge in [0.05, 0.1) is 36.6 Å². The first-order valence-corrected chi connectivity index (χ1v) is 26.0. The molecule has 1 aromatic carbocycles. The molecule has 11 atom stereocenters. The number of hydrogen-bond donors (Lipinski definition) is 4. The number of hydrogen-bond acceptors (Lipinski definition) is 15. The quantitative estimate of drug-likeness (QED) is 0.134. The molecule has 0 radical (unpaired) electrons. The summed E-state index contributed by atoms with van der Waals surface area (Å²) in [4.78, 5) is 107. The average molecular weight is 1050 g/mol. The van der Waals surface area contributed by atoms with Crippen molar-refractivity contribution in [1.82, 2.24) is 14.8 Å². The fraction of sp³-hybridized carbons (Fsp3) is 0.630. The van der Waals surface area contributed by atoms with Crippen LogP contribution in [0.5, 0.6) is 5.75 Å². The Morgan fingerprint density at radius 2 is 1.72 bits per heavy atom. The van der Waals surface area contributed by atoms with Crippen molar-refractivity contribution in [3.63, 3.8) is 0 Å². The van der Waals surface area contributed by atoms with Crippen LogP contribution < -0.4 is 20.4 Å². The molecule has 2 aliphatic heterocycles. The van der Waals surface area contributed by atoms with E-state index >= 15 is 8.78 Å². The number of nitrogens with zero attached hydrogens (tertiary/aromatic N) is 3. The molecule has 3 heterocycles. The number of benzene rings is 1. The van der Waals surface area contributed by atoms with E-state index in [1.54, 1.807) is 44.1 Å². The summed E-state index contributed by atoms with van der Waals surface area (Å²) in [6, 6.07) is -0.742. The highest BCUT2D eigenvalue weighted by Crippen LogP contribution is 2.70. The maximum atomic E-state index is 17.6. The van der Waals surface area contributed by atoms with Gasteiger partial charge in [-0.25, -0.2) is 23.2 Å². The molecule has 0 bridgehead atoms. The highest BCUT2D eigenvalue weighted by molar-refractivity contribution is 6.01. The number of piperidine rings is 1. The Balaban J connectivity index is 0.759. The minimum Gasteiger partial charge on any atom is -0.492 e. The van der Waals surface area contributed by atoms with E-state index in [0.29, 0.717) is 44.3 Å². The van der Waals surface area contributed by atoms with Gasteiger partial charge in [-0.05, 0) is 100 Å². The summed E-state index contributed by atoms with van der Waals surface area (Å²) in [6.07, 6.45) is 5.82. The van der Waals surface area contributed by atoms with Crippen molar-refractivity contribution in [3.05, 3.63) is 57.7 Å². The SMILES string of the molecule is COc1c(N2CC3CCCN(C(=O)OCOC(=O)CCC(=O)N[C@@H](C(=O)OCC(=O)[C@]4(O)[C@@H](C)CC5C6CCC7=CC(=O)C=C[C@@]7(C)[C@]6(F)[C@H](O)C[C@]54C)C(C)C)C3C2)c(F)cc2c(=O)c(C(=O)O)cn(C3CC3)c12. The number of aromatic carboxylic acids is 1. The van der Waals surface area contributed by atoms with E-state index in [9.17, 15) is 53.7 Å². The van der Waals surface area contributed by atoms with Crippen LogP contribution in [-0.2, 0) is 38.2 Å². The van der Waals surface area contributed by atoms with Gasteiger partial charge < -0.3 is 54.0 Å². The van der Waals surface area contributed by atoms with Crippen molar-refractivity contribution in [1.29, 1.82) is 0 Å². The molecule has 1 aromatic heterocycles.